The molecule has 1 aromatic rings. The van der Waals surface area contributed by atoms with Crippen LogP contribution in [0, 0.1) is 5.92 Å². The Morgan fingerprint density at radius 2 is 1.80 bits per heavy atom. The fourth-order valence-corrected chi connectivity index (χ4v) is 3.91. The second-order valence-corrected chi connectivity index (χ2v) is 7.71. The topological polar surface area (TPSA) is 77.5 Å². The lowest BCUT2D eigenvalue weighted by molar-refractivity contribution is -0.142. The molecule has 2 aliphatic heterocycles. The van der Waals surface area contributed by atoms with Crippen molar-refractivity contribution < 1.29 is 28.5 Å². The Morgan fingerprint density at radius 1 is 1.07 bits per heavy atom. The van der Waals surface area contributed by atoms with Gasteiger partial charge in [0.15, 0.2) is 18.1 Å². The van der Waals surface area contributed by atoms with E-state index < -0.39 is 5.97 Å². The predicted molar refractivity (Wildman–Crippen MR) is 111 cm³/mol. The Hall–Kier alpha value is -2.32. The van der Waals surface area contributed by atoms with Gasteiger partial charge < -0.3 is 23.8 Å². The van der Waals surface area contributed by atoms with Crippen LogP contribution in [0.1, 0.15) is 29.6 Å². The highest BCUT2D eigenvalue weighted by atomic mass is 16.6. The fourth-order valence-electron chi connectivity index (χ4n) is 3.91. The highest BCUT2D eigenvalue weighted by Crippen LogP contribution is 2.29. The van der Waals surface area contributed by atoms with E-state index in [9.17, 15) is 9.59 Å². The number of benzene rings is 1. The third kappa shape index (κ3) is 6.09. The zero-order valence-corrected chi connectivity index (χ0v) is 17.9. The van der Waals surface area contributed by atoms with E-state index in [0.29, 0.717) is 23.0 Å². The van der Waals surface area contributed by atoms with Gasteiger partial charge in [0.25, 0.3) is 5.91 Å². The molecule has 0 N–H and O–H groups in total. The molecule has 2 aliphatic rings. The van der Waals surface area contributed by atoms with Crippen LogP contribution in [0.3, 0.4) is 0 Å². The number of hydrogen-bond donors (Lipinski definition) is 0. The van der Waals surface area contributed by atoms with Gasteiger partial charge in [-0.15, -0.1) is 0 Å². The zero-order chi connectivity index (χ0) is 21.3. The molecular weight excluding hydrogens is 388 g/mol. The number of carbonyl (C=O) groups excluding carboxylic acids is 2. The quantitative estimate of drug-likeness (QED) is 0.594. The first-order valence-corrected chi connectivity index (χ1v) is 10.6. The van der Waals surface area contributed by atoms with Crippen LogP contribution in [0.15, 0.2) is 18.2 Å². The average molecular weight is 421 g/mol. The Bertz CT molecular complexity index is 712. The molecule has 30 heavy (non-hydrogen) atoms. The number of morpholine rings is 1. The van der Waals surface area contributed by atoms with Crippen LogP contribution in [0.25, 0.3) is 0 Å². The normalized spacial score (nSPS) is 18.1. The smallest absolute Gasteiger partial charge is 0.343 e. The third-order valence-electron chi connectivity index (χ3n) is 5.84. The Kier molecular flexibility index (Phi) is 8.33. The molecule has 0 bridgehead atoms. The monoisotopic (exact) mass is 420 g/mol. The number of piperidine rings is 1. The van der Waals surface area contributed by atoms with E-state index in [1.54, 1.807) is 18.2 Å². The van der Waals surface area contributed by atoms with E-state index in [1.807, 2.05) is 4.90 Å². The molecule has 0 radical (unpaired) electrons. The maximum atomic E-state index is 12.9. The summed E-state index contributed by atoms with van der Waals surface area (Å²) >= 11 is 0. The standard InChI is InChI=1S/C22H32N2O6/c1-27-20-15-18(3-4-19(20)30-16-21(25)28-2)22(26)24-9-6-17(7-10-24)5-8-23-11-13-29-14-12-23/h3-4,15,17H,5-14,16H2,1-2H3. The Balaban J connectivity index is 1.49. The summed E-state index contributed by atoms with van der Waals surface area (Å²) in [5, 5.41) is 0. The van der Waals surface area contributed by atoms with Crippen molar-refractivity contribution in [1.29, 1.82) is 0 Å². The van der Waals surface area contributed by atoms with Crippen LogP contribution in [0.4, 0.5) is 0 Å². The van der Waals surface area contributed by atoms with E-state index >= 15 is 0 Å². The number of nitrogens with zero attached hydrogens (tertiary/aromatic N) is 2. The Morgan fingerprint density at radius 3 is 2.47 bits per heavy atom. The van der Waals surface area contributed by atoms with Gasteiger partial charge >= 0.3 is 5.97 Å². The molecule has 3 rings (SSSR count). The van der Waals surface area contributed by atoms with Gasteiger partial charge in [-0.05, 0) is 49.9 Å². The molecule has 0 aliphatic carbocycles. The maximum Gasteiger partial charge on any atom is 0.343 e. The van der Waals surface area contributed by atoms with Crippen LogP contribution in [-0.4, -0.2) is 88.4 Å². The molecule has 2 heterocycles. The van der Waals surface area contributed by atoms with Crippen molar-refractivity contribution in [2.75, 3.05) is 66.8 Å². The van der Waals surface area contributed by atoms with E-state index in [4.69, 9.17) is 14.2 Å². The second kappa shape index (κ2) is 11.2. The summed E-state index contributed by atoms with van der Waals surface area (Å²) in [5.41, 5.74) is 0.559. The molecule has 0 atom stereocenters. The molecule has 0 spiro atoms. The van der Waals surface area contributed by atoms with Crippen LogP contribution in [0.5, 0.6) is 11.5 Å². The van der Waals surface area contributed by atoms with Crippen molar-refractivity contribution in [1.82, 2.24) is 9.80 Å². The molecule has 8 nitrogen and oxygen atoms in total. The van der Waals surface area contributed by atoms with Crippen molar-refractivity contribution in [2.45, 2.75) is 19.3 Å². The lowest BCUT2D eigenvalue weighted by Gasteiger charge is -2.34. The second-order valence-electron chi connectivity index (χ2n) is 7.71. The number of carbonyl (C=O) groups is 2. The molecule has 1 aromatic carbocycles. The first kappa shape index (κ1) is 22.4. The van der Waals surface area contributed by atoms with Gasteiger partial charge in [-0.1, -0.05) is 0 Å². The van der Waals surface area contributed by atoms with Gasteiger partial charge in [0.1, 0.15) is 0 Å². The molecule has 0 saturated carbocycles. The fraction of sp³-hybridized carbons (Fsp3) is 0.636. The van der Waals surface area contributed by atoms with Gasteiger partial charge in [-0.3, -0.25) is 9.69 Å². The summed E-state index contributed by atoms with van der Waals surface area (Å²) in [5.74, 6) is 1.01. The van der Waals surface area contributed by atoms with Gasteiger partial charge in [-0.25, -0.2) is 4.79 Å². The highest BCUT2D eigenvalue weighted by molar-refractivity contribution is 5.95. The minimum absolute atomic E-state index is 0.000512. The molecule has 1 amide bonds. The molecule has 0 aromatic heterocycles. The summed E-state index contributed by atoms with van der Waals surface area (Å²) in [6.07, 6.45) is 3.25. The summed E-state index contributed by atoms with van der Waals surface area (Å²) in [7, 11) is 2.81. The number of amides is 1. The average Bonchev–Trinajstić information content (AvgIpc) is 2.81. The SMILES string of the molecule is COC(=O)COc1ccc(C(=O)N2CCC(CCN3CCOCC3)CC2)cc1OC. The first-order chi connectivity index (χ1) is 14.6. The largest absolute Gasteiger partial charge is 0.493 e. The van der Waals surface area contributed by atoms with Crippen molar-refractivity contribution in [3.8, 4) is 11.5 Å². The summed E-state index contributed by atoms with van der Waals surface area (Å²) < 4.78 is 20.7. The van der Waals surface area contributed by atoms with E-state index in [0.717, 1.165) is 58.8 Å². The zero-order valence-electron chi connectivity index (χ0n) is 17.9. The molecule has 0 unspecified atom stereocenters. The van der Waals surface area contributed by atoms with Crippen molar-refractivity contribution in [2.24, 2.45) is 5.92 Å². The first-order valence-electron chi connectivity index (χ1n) is 10.6. The molecule has 8 heteroatoms. The molecule has 2 fully saturated rings. The number of hydrogen-bond acceptors (Lipinski definition) is 7. The van der Waals surface area contributed by atoms with Crippen LogP contribution in [-0.2, 0) is 14.3 Å². The molecule has 2 saturated heterocycles. The summed E-state index contributed by atoms with van der Waals surface area (Å²) in [6.45, 7) is 6.18. The van der Waals surface area contributed by atoms with Crippen LogP contribution >= 0.6 is 0 Å². The van der Waals surface area contributed by atoms with Gasteiger partial charge in [-0.2, -0.15) is 0 Å². The van der Waals surface area contributed by atoms with Crippen LogP contribution < -0.4 is 9.47 Å². The van der Waals surface area contributed by atoms with Gasteiger partial charge in [0.2, 0.25) is 0 Å². The molecular formula is C22H32N2O6. The molecule has 166 valence electrons. The highest BCUT2D eigenvalue weighted by Gasteiger charge is 2.25. The number of methoxy groups -OCH3 is 2. The van der Waals surface area contributed by atoms with Crippen molar-refractivity contribution >= 4 is 11.9 Å². The summed E-state index contributed by atoms with van der Waals surface area (Å²) in [6, 6.07) is 5.03. The number of esters is 1. The van der Waals surface area contributed by atoms with E-state index in [1.165, 1.54) is 20.6 Å². The maximum absolute atomic E-state index is 12.9. The predicted octanol–water partition coefficient (Wildman–Crippen LogP) is 1.82. The lowest BCUT2D eigenvalue weighted by atomic mass is 9.93. The van der Waals surface area contributed by atoms with Crippen molar-refractivity contribution in [3.05, 3.63) is 23.8 Å². The van der Waals surface area contributed by atoms with E-state index in [-0.39, 0.29) is 12.5 Å². The van der Waals surface area contributed by atoms with Crippen molar-refractivity contribution in [3.63, 3.8) is 0 Å². The van der Waals surface area contributed by atoms with Gasteiger partial charge in [0.05, 0.1) is 27.4 Å². The number of rotatable bonds is 8. The van der Waals surface area contributed by atoms with Gasteiger partial charge in [0, 0.05) is 31.7 Å². The Labute approximate surface area is 178 Å². The number of likely N-dealkylation sites (tertiary alicyclic amines) is 1. The third-order valence-corrected chi connectivity index (χ3v) is 5.84. The summed E-state index contributed by atoms with van der Waals surface area (Å²) in [4.78, 5) is 28.6. The van der Waals surface area contributed by atoms with Crippen LogP contribution in [0.2, 0.25) is 0 Å². The minimum Gasteiger partial charge on any atom is -0.493 e. The van der Waals surface area contributed by atoms with E-state index in [2.05, 4.69) is 9.64 Å². The minimum atomic E-state index is -0.478. The number of ether oxygens (including phenoxy) is 4. The lowest BCUT2D eigenvalue weighted by Crippen LogP contribution is -2.40.